The monoisotopic (exact) mass is 380 g/mol. The van der Waals surface area contributed by atoms with Gasteiger partial charge in [-0.05, 0) is 25.5 Å². The number of hydrogen-bond donors (Lipinski definition) is 1. The van der Waals surface area contributed by atoms with Crippen molar-refractivity contribution in [1.29, 1.82) is 0 Å². The van der Waals surface area contributed by atoms with Gasteiger partial charge in [-0.25, -0.2) is 9.78 Å². The average molecular weight is 380 g/mol. The Balaban J connectivity index is 2.31. The van der Waals surface area contributed by atoms with Crippen molar-refractivity contribution >= 4 is 11.2 Å². The summed E-state index contributed by atoms with van der Waals surface area (Å²) in [5, 5.41) is 0. The van der Waals surface area contributed by atoms with Crippen LogP contribution in [0.25, 0.3) is 22.6 Å². The van der Waals surface area contributed by atoms with E-state index in [1.54, 1.807) is 6.92 Å². The van der Waals surface area contributed by atoms with Crippen LogP contribution in [-0.4, -0.2) is 19.1 Å². The number of aromatic nitrogens is 4. The second kappa shape index (κ2) is 7.05. The molecule has 0 unspecified atom stereocenters. The predicted molar refractivity (Wildman–Crippen MR) is 95.6 cm³/mol. The van der Waals surface area contributed by atoms with Crippen LogP contribution < -0.4 is 11.2 Å². The van der Waals surface area contributed by atoms with Gasteiger partial charge in [0.05, 0.1) is 5.56 Å². The zero-order valence-electron chi connectivity index (χ0n) is 14.9. The summed E-state index contributed by atoms with van der Waals surface area (Å²) >= 11 is 0. The number of imidazole rings is 1. The molecule has 2 aromatic heterocycles. The minimum Gasteiger partial charge on any atom is -0.318 e. The Bertz CT molecular complexity index is 1090. The van der Waals surface area contributed by atoms with Gasteiger partial charge in [0.15, 0.2) is 11.2 Å². The Kier molecular flexibility index (Phi) is 4.95. The topological polar surface area (TPSA) is 72.7 Å². The number of halogens is 3. The fourth-order valence-electron chi connectivity index (χ4n) is 3.06. The van der Waals surface area contributed by atoms with E-state index < -0.39 is 23.0 Å². The highest BCUT2D eigenvalue weighted by molar-refractivity contribution is 5.77. The standard InChI is InChI=1S/C18H19F3N4O2/c1-3-5-9-25-15-13(16(26)23-17(25)27)24(4-2)14(22-15)11-7-6-8-12(10-11)18(19,20)21/h6-8,10H,3-5,9H2,1-2H3,(H,23,26,27). The molecular formula is C18H19F3N4O2. The summed E-state index contributed by atoms with van der Waals surface area (Å²) in [5.41, 5.74) is -1.37. The molecule has 27 heavy (non-hydrogen) atoms. The van der Waals surface area contributed by atoms with Gasteiger partial charge in [-0.1, -0.05) is 25.5 Å². The number of hydrogen-bond acceptors (Lipinski definition) is 3. The summed E-state index contributed by atoms with van der Waals surface area (Å²) in [4.78, 5) is 31.2. The van der Waals surface area contributed by atoms with Gasteiger partial charge in [0.2, 0.25) is 0 Å². The summed E-state index contributed by atoms with van der Waals surface area (Å²) in [7, 11) is 0. The summed E-state index contributed by atoms with van der Waals surface area (Å²) in [6.45, 7) is 4.41. The van der Waals surface area contributed by atoms with Gasteiger partial charge in [-0.15, -0.1) is 0 Å². The van der Waals surface area contributed by atoms with Crippen LogP contribution in [0.3, 0.4) is 0 Å². The number of nitrogens with zero attached hydrogens (tertiary/aromatic N) is 3. The molecule has 0 saturated heterocycles. The molecule has 6 nitrogen and oxygen atoms in total. The van der Waals surface area contributed by atoms with Crippen molar-refractivity contribution in [3.63, 3.8) is 0 Å². The Morgan fingerprint density at radius 1 is 1.15 bits per heavy atom. The largest absolute Gasteiger partial charge is 0.416 e. The van der Waals surface area contributed by atoms with Crippen molar-refractivity contribution in [2.75, 3.05) is 0 Å². The van der Waals surface area contributed by atoms with Gasteiger partial charge in [0.1, 0.15) is 5.82 Å². The summed E-state index contributed by atoms with van der Waals surface area (Å²) in [5.74, 6) is 0.222. The molecule has 0 spiro atoms. The van der Waals surface area contributed by atoms with E-state index in [4.69, 9.17) is 0 Å². The maximum atomic E-state index is 13.1. The van der Waals surface area contributed by atoms with Crippen molar-refractivity contribution in [3.8, 4) is 11.4 Å². The van der Waals surface area contributed by atoms with Crippen LogP contribution in [0.5, 0.6) is 0 Å². The maximum Gasteiger partial charge on any atom is 0.416 e. The maximum absolute atomic E-state index is 13.1. The van der Waals surface area contributed by atoms with Crippen molar-refractivity contribution in [3.05, 3.63) is 50.7 Å². The quantitative estimate of drug-likeness (QED) is 0.737. The minimum atomic E-state index is -4.49. The number of aryl methyl sites for hydroxylation is 2. The van der Waals surface area contributed by atoms with E-state index in [-0.39, 0.29) is 22.6 Å². The molecular weight excluding hydrogens is 361 g/mol. The molecule has 0 aliphatic heterocycles. The number of benzene rings is 1. The second-order valence-electron chi connectivity index (χ2n) is 6.19. The lowest BCUT2D eigenvalue weighted by Crippen LogP contribution is -2.31. The predicted octanol–water partition coefficient (Wildman–Crippen LogP) is 3.39. The number of aromatic amines is 1. The van der Waals surface area contributed by atoms with E-state index in [2.05, 4.69) is 9.97 Å². The van der Waals surface area contributed by atoms with Crippen molar-refractivity contribution in [2.24, 2.45) is 0 Å². The molecule has 0 aliphatic carbocycles. The van der Waals surface area contributed by atoms with Gasteiger partial charge in [0.25, 0.3) is 5.56 Å². The molecule has 0 aliphatic rings. The molecule has 0 amide bonds. The first-order valence-electron chi connectivity index (χ1n) is 8.68. The highest BCUT2D eigenvalue weighted by Crippen LogP contribution is 2.32. The van der Waals surface area contributed by atoms with Crippen molar-refractivity contribution in [2.45, 2.75) is 46.0 Å². The van der Waals surface area contributed by atoms with Crippen LogP contribution in [0.2, 0.25) is 0 Å². The Morgan fingerprint density at radius 3 is 2.52 bits per heavy atom. The zero-order chi connectivity index (χ0) is 19.8. The number of fused-ring (bicyclic) bond motifs is 1. The third kappa shape index (κ3) is 3.41. The van der Waals surface area contributed by atoms with E-state index in [9.17, 15) is 22.8 Å². The van der Waals surface area contributed by atoms with Gasteiger partial charge < -0.3 is 4.57 Å². The van der Waals surface area contributed by atoms with Gasteiger partial charge in [-0.3, -0.25) is 14.3 Å². The molecule has 0 fully saturated rings. The van der Waals surface area contributed by atoms with E-state index in [0.29, 0.717) is 19.5 Å². The third-order valence-corrected chi connectivity index (χ3v) is 4.39. The summed E-state index contributed by atoms with van der Waals surface area (Å²) in [6.07, 6.45) is -2.94. The Labute approximate surface area is 152 Å². The van der Waals surface area contributed by atoms with Crippen molar-refractivity contribution in [1.82, 2.24) is 19.1 Å². The Morgan fingerprint density at radius 2 is 1.89 bits per heavy atom. The first kappa shape index (κ1) is 18.9. The molecule has 0 bridgehead atoms. The molecule has 2 heterocycles. The van der Waals surface area contributed by atoms with E-state index in [1.807, 2.05) is 6.92 Å². The normalized spacial score (nSPS) is 12.0. The molecule has 0 saturated carbocycles. The molecule has 0 radical (unpaired) electrons. The lowest BCUT2D eigenvalue weighted by atomic mass is 10.1. The van der Waals surface area contributed by atoms with Gasteiger partial charge >= 0.3 is 11.9 Å². The van der Waals surface area contributed by atoms with E-state index in [1.165, 1.54) is 21.3 Å². The third-order valence-electron chi connectivity index (χ3n) is 4.39. The van der Waals surface area contributed by atoms with Crippen LogP contribution >= 0.6 is 0 Å². The first-order valence-corrected chi connectivity index (χ1v) is 8.68. The Hall–Kier alpha value is -2.84. The SMILES string of the molecule is CCCCn1c(=O)[nH]c(=O)c2c1nc(-c1cccc(C(F)(F)F)c1)n2CC. The molecule has 0 atom stereocenters. The lowest BCUT2D eigenvalue weighted by molar-refractivity contribution is -0.137. The van der Waals surface area contributed by atoms with Crippen LogP contribution in [0.1, 0.15) is 32.3 Å². The fraction of sp³-hybridized carbons (Fsp3) is 0.389. The highest BCUT2D eigenvalue weighted by atomic mass is 19.4. The number of rotatable bonds is 5. The van der Waals surface area contributed by atoms with E-state index >= 15 is 0 Å². The van der Waals surface area contributed by atoms with Crippen LogP contribution in [-0.2, 0) is 19.3 Å². The second-order valence-corrected chi connectivity index (χ2v) is 6.19. The molecule has 3 rings (SSSR count). The molecule has 3 aromatic rings. The summed E-state index contributed by atoms with van der Waals surface area (Å²) < 4.78 is 42.1. The molecule has 9 heteroatoms. The summed E-state index contributed by atoms with van der Waals surface area (Å²) in [6, 6.07) is 4.78. The first-order chi connectivity index (χ1) is 12.8. The molecule has 1 N–H and O–H groups in total. The van der Waals surface area contributed by atoms with Crippen LogP contribution in [0, 0.1) is 0 Å². The number of nitrogens with one attached hydrogen (secondary N) is 1. The fourth-order valence-corrected chi connectivity index (χ4v) is 3.06. The molecule has 1 aromatic carbocycles. The highest BCUT2D eigenvalue weighted by Gasteiger charge is 2.31. The van der Waals surface area contributed by atoms with Gasteiger partial charge in [0, 0.05) is 18.7 Å². The lowest BCUT2D eigenvalue weighted by Gasteiger charge is -2.09. The number of unbranched alkanes of at least 4 members (excludes halogenated alkanes) is 1. The number of alkyl halides is 3. The molecule has 144 valence electrons. The van der Waals surface area contributed by atoms with Gasteiger partial charge in [-0.2, -0.15) is 13.2 Å². The number of H-pyrrole nitrogens is 1. The van der Waals surface area contributed by atoms with Crippen molar-refractivity contribution < 1.29 is 13.2 Å². The smallest absolute Gasteiger partial charge is 0.318 e. The van der Waals surface area contributed by atoms with Crippen LogP contribution in [0.15, 0.2) is 33.9 Å². The minimum absolute atomic E-state index is 0.181. The zero-order valence-corrected chi connectivity index (χ0v) is 14.9. The average Bonchev–Trinajstić information content (AvgIpc) is 3.01. The van der Waals surface area contributed by atoms with E-state index in [0.717, 1.165) is 18.6 Å². The van der Waals surface area contributed by atoms with Crippen LogP contribution in [0.4, 0.5) is 13.2 Å².